The monoisotopic (exact) mass is 183 g/mol. The Bertz CT molecular complexity index is 214. The summed E-state index contributed by atoms with van der Waals surface area (Å²) in [6, 6.07) is 0.671. The highest BCUT2D eigenvalue weighted by molar-refractivity contribution is 8.14. The minimum absolute atomic E-state index is 0.287. The summed E-state index contributed by atoms with van der Waals surface area (Å²) in [5, 5.41) is 2.22. The van der Waals surface area contributed by atoms with E-state index in [2.05, 4.69) is 20.8 Å². The van der Waals surface area contributed by atoms with Crippen LogP contribution >= 0.6 is 11.8 Å². The molecule has 2 heteroatoms. The second-order valence-electron chi connectivity index (χ2n) is 4.84. The Kier molecular flexibility index (Phi) is 1.98. The van der Waals surface area contributed by atoms with Gasteiger partial charge in [-0.3, -0.25) is 4.99 Å². The van der Waals surface area contributed by atoms with Gasteiger partial charge in [-0.15, -0.1) is 11.8 Å². The fraction of sp³-hybridized carbons (Fsp3) is 0.900. The number of thioether (sulfide) groups is 1. The van der Waals surface area contributed by atoms with E-state index in [9.17, 15) is 0 Å². The molecule has 2 rings (SSSR count). The van der Waals surface area contributed by atoms with E-state index >= 15 is 0 Å². The van der Waals surface area contributed by atoms with Crippen molar-refractivity contribution in [3.8, 4) is 0 Å². The zero-order chi connectivity index (χ0) is 8.77. The van der Waals surface area contributed by atoms with Crippen molar-refractivity contribution >= 4 is 16.8 Å². The zero-order valence-electron chi connectivity index (χ0n) is 8.13. The molecule has 1 aliphatic carbocycles. The lowest BCUT2D eigenvalue weighted by atomic mass is 9.98. The number of hydrogen-bond acceptors (Lipinski definition) is 2. The summed E-state index contributed by atoms with van der Waals surface area (Å²) in [6.45, 7) is 6.79. The third-order valence-corrected chi connectivity index (χ3v) is 4.40. The molecule has 1 saturated carbocycles. The van der Waals surface area contributed by atoms with Crippen molar-refractivity contribution in [2.75, 3.05) is 0 Å². The number of fused-ring (bicyclic) bond motifs is 1. The molecule has 0 amide bonds. The predicted molar refractivity (Wildman–Crippen MR) is 55.9 cm³/mol. The first-order valence-electron chi connectivity index (χ1n) is 4.82. The molecule has 0 aromatic rings. The Morgan fingerprint density at radius 1 is 1.33 bits per heavy atom. The van der Waals surface area contributed by atoms with Crippen molar-refractivity contribution in [3.05, 3.63) is 0 Å². The van der Waals surface area contributed by atoms with Gasteiger partial charge in [0.2, 0.25) is 0 Å². The molecule has 1 nitrogen and oxygen atoms in total. The summed E-state index contributed by atoms with van der Waals surface area (Å²) in [6.07, 6.45) is 4.11. The molecule has 0 radical (unpaired) electrons. The van der Waals surface area contributed by atoms with Crippen molar-refractivity contribution in [3.63, 3.8) is 0 Å². The van der Waals surface area contributed by atoms with Crippen molar-refractivity contribution < 1.29 is 0 Å². The average Bonchev–Trinajstić information content (AvgIpc) is 2.37. The van der Waals surface area contributed by atoms with Crippen LogP contribution in [0, 0.1) is 5.41 Å². The Morgan fingerprint density at radius 3 is 2.67 bits per heavy atom. The third kappa shape index (κ3) is 1.41. The van der Waals surface area contributed by atoms with Gasteiger partial charge in [0.15, 0.2) is 0 Å². The molecule has 0 N–H and O–H groups in total. The minimum atomic E-state index is 0.287. The molecule has 12 heavy (non-hydrogen) atoms. The molecule has 0 aromatic carbocycles. The number of hydrogen-bond donors (Lipinski definition) is 0. The SMILES string of the molecule is CC(C)(C)C1=NC2CCCC2S1. The largest absolute Gasteiger partial charge is 0.278 e. The maximum Gasteiger partial charge on any atom is 0.0736 e. The van der Waals surface area contributed by atoms with E-state index in [1.807, 2.05) is 11.8 Å². The maximum absolute atomic E-state index is 4.80. The minimum Gasteiger partial charge on any atom is -0.278 e. The summed E-state index contributed by atoms with van der Waals surface area (Å²) in [4.78, 5) is 4.80. The van der Waals surface area contributed by atoms with Gasteiger partial charge < -0.3 is 0 Å². The van der Waals surface area contributed by atoms with Crippen LogP contribution in [0.5, 0.6) is 0 Å². The van der Waals surface area contributed by atoms with Gasteiger partial charge in [0.05, 0.1) is 11.1 Å². The lowest BCUT2D eigenvalue weighted by Gasteiger charge is -2.18. The van der Waals surface area contributed by atoms with Crippen LogP contribution in [0.1, 0.15) is 40.0 Å². The quantitative estimate of drug-likeness (QED) is 0.562. The second-order valence-corrected chi connectivity index (χ2v) is 6.07. The van der Waals surface area contributed by atoms with E-state index in [1.165, 1.54) is 24.3 Å². The fourth-order valence-electron chi connectivity index (χ4n) is 1.89. The van der Waals surface area contributed by atoms with Crippen molar-refractivity contribution in [1.29, 1.82) is 0 Å². The predicted octanol–water partition coefficient (Wildman–Crippen LogP) is 3.10. The number of nitrogens with zero attached hydrogens (tertiary/aromatic N) is 1. The first-order valence-corrected chi connectivity index (χ1v) is 5.70. The summed E-state index contributed by atoms with van der Waals surface area (Å²) in [5.41, 5.74) is 0.287. The summed E-state index contributed by atoms with van der Waals surface area (Å²) >= 11 is 2.04. The molecule has 0 aromatic heterocycles. The average molecular weight is 183 g/mol. The molecule has 68 valence electrons. The van der Waals surface area contributed by atoms with Gasteiger partial charge in [0.1, 0.15) is 0 Å². The Balaban J connectivity index is 2.12. The lowest BCUT2D eigenvalue weighted by Crippen LogP contribution is -2.15. The van der Waals surface area contributed by atoms with Gasteiger partial charge in [-0.25, -0.2) is 0 Å². The van der Waals surface area contributed by atoms with Crippen molar-refractivity contribution in [2.24, 2.45) is 10.4 Å². The van der Waals surface area contributed by atoms with Crippen LogP contribution in [-0.2, 0) is 0 Å². The highest BCUT2D eigenvalue weighted by Crippen LogP contribution is 2.43. The highest BCUT2D eigenvalue weighted by Gasteiger charge is 2.37. The second kappa shape index (κ2) is 2.76. The fourth-order valence-corrected chi connectivity index (χ4v) is 3.36. The van der Waals surface area contributed by atoms with Gasteiger partial charge in [-0.1, -0.05) is 27.2 Å². The number of aliphatic imine (C=N–C) groups is 1. The maximum atomic E-state index is 4.80. The summed E-state index contributed by atoms with van der Waals surface area (Å²) in [7, 11) is 0. The van der Waals surface area contributed by atoms with Gasteiger partial charge in [0.25, 0.3) is 0 Å². The smallest absolute Gasteiger partial charge is 0.0736 e. The van der Waals surface area contributed by atoms with E-state index in [0.29, 0.717) is 6.04 Å². The van der Waals surface area contributed by atoms with Crippen LogP contribution in [0.25, 0.3) is 0 Å². The van der Waals surface area contributed by atoms with E-state index in [4.69, 9.17) is 4.99 Å². The normalized spacial score (nSPS) is 35.1. The molecule has 2 unspecified atom stereocenters. The molecule has 0 bridgehead atoms. The van der Waals surface area contributed by atoms with Crippen molar-refractivity contribution in [1.82, 2.24) is 0 Å². The van der Waals surface area contributed by atoms with Crippen LogP contribution in [0.3, 0.4) is 0 Å². The Labute approximate surface area is 79.0 Å². The van der Waals surface area contributed by atoms with Crippen molar-refractivity contribution in [2.45, 2.75) is 51.3 Å². The topological polar surface area (TPSA) is 12.4 Å². The molecule has 1 fully saturated rings. The van der Waals surface area contributed by atoms with Gasteiger partial charge in [-0.05, 0) is 12.8 Å². The molecule has 0 spiro atoms. The van der Waals surface area contributed by atoms with Gasteiger partial charge in [-0.2, -0.15) is 0 Å². The van der Waals surface area contributed by atoms with Crippen LogP contribution in [0.15, 0.2) is 4.99 Å². The molecule has 1 aliphatic heterocycles. The first kappa shape index (κ1) is 8.61. The molecule has 1 heterocycles. The Hall–Kier alpha value is 0.0200. The van der Waals surface area contributed by atoms with E-state index in [-0.39, 0.29) is 5.41 Å². The molecule has 0 saturated heterocycles. The van der Waals surface area contributed by atoms with E-state index in [1.54, 1.807) is 0 Å². The molecular formula is C10H17NS. The van der Waals surface area contributed by atoms with Gasteiger partial charge >= 0.3 is 0 Å². The lowest BCUT2D eigenvalue weighted by molar-refractivity contribution is 0.594. The standard InChI is InChI=1S/C10H17NS/c1-10(2,3)9-11-7-5-4-6-8(7)12-9/h7-8H,4-6H2,1-3H3. The van der Waals surface area contributed by atoms with Crippen LogP contribution < -0.4 is 0 Å². The third-order valence-electron chi connectivity index (χ3n) is 2.61. The van der Waals surface area contributed by atoms with Crippen LogP contribution in [0.2, 0.25) is 0 Å². The first-order chi connectivity index (χ1) is 5.57. The zero-order valence-corrected chi connectivity index (χ0v) is 8.95. The van der Waals surface area contributed by atoms with Gasteiger partial charge in [0, 0.05) is 10.7 Å². The highest BCUT2D eigenvalue weighted by atomic mass is 32.2. The van der Waals surface area contributed by atoms with Crippen LogP contribution in [0.4, 0.5) is 0 Å². The van der Waals surface area contributed by atoms with Crippen LogP contribution in [-0.4, -0.2) is 16.3 Å². The van der Waals surface area contributed by atoms with E-state index < -0.39 is 0 Å². The molecular weight excluding hydrogens is 166 g/mol. The Morgan fingerprint density at radius 2 is 2.08 bits per heavy atom. The number of rotatable bonds is 0. The summed E-state index contributed by atoms with van der Waals surface area (Å²) < 4.78 is 0. The summed E-state index contributed by atoms with van der Waals surface area (Å²) in [5.74, 6) is 0. The molecule has 2 aliphatic rings. The van der Waals surface area contributed by atoms with E-state index in [0.717, 1.165) is 5.25 Å². The molecule has 2 atom stereocenters.